The van der Waals surface area contributed by atoms with Crippen molar-refractivity contribution in [2.24, 2.45) is 11.1 Å². The topological polar surface area (TPSA) is 107 Å². The Balaban J connectivity index is 1.48. The number of amides is 1. The highest BCUT2D eigenvalue weighted by atomic mass is 19.1. The molecule has 192 valence electrons. The van der Waals surface area contributed by atoms with Gasteiger partial charge < -0.3 is 14.9 Å². The van der Waals surface area contributed by atoms with E-state index in [1.807, 2.05) is 36.4 Å². The Morgan fingerprint density at radius 1 is 1.08 bits per heavy atom. The van der Waals surface area contributed by atoms with Gasteiger partial charge in [-0.1, -0.05) is 73.6 Å². The molecule has 1 aliphatic heterocycles. The van der Waals surface area contributed by atoms with Crippen LogP contribution in [-0.4, -0.2) is 46.7 Å². The number of nitrogens with one attached hydrogen (secondary N) is 1. The van der Waals surface area contributed by atoms with Gasteiger partial charge in [0.1, 0.15) is 25.0 Å². The van der Waals surface area contributed by atoms with Crippen LogP contribution in [0.5, 0.6) is 0 Å². The first-order valence-electron chi connectivity index (χ1n) is 12.0. The van der Waals surface area contributed by atoms with Gasteiger partial charge in [0.2, 0.25) is 5.60 Å². The molecule has 1 aromatic heterocycles. The first-order valence-corrected chi connectivity index (χ1v) is 12.0. The number of ether oxygens (including phenoxy) is 1. The number of alkyl halides is 1. The number of nitrogens with zero attached hydrogens (tertiary/aromatic N) is 2. The zero-order valence-corrected chi connectivity index (χ0v) is 20.6. The Bertz CT molecular complexity index is 1320. The molecule has 0 saturated carbocycles. The summed E-state index contributed by atoms with van der Waals surface area (Å²) in [5.41, 5.74) is 0.375. The average Bonchev–Trinajstić information content (AvgIpc) is 3.38. The van der Waals surface area contributed by atoms with Gasteiger partial charge in [0.25, 0.3) is 5.91 Å². The number of pyridine rings is 1. The fraction of sp³-hybridized carbons (Fsp3) is 0.321. The minimum absolute atomic E-state index is 0.00156. The van der Waals surface area contributed by atoms with Crippen LogP contribution in [0.3, 0.4) is 0 Å². The number of Topliss-reactive ketones (excluding diaryl/α,β-unsaturated/α-hetero) is 1. The van der Waals surface area contributed by atoms with Crippen LogP contribution in [0.15, 0.2) is 72.0 Å². The van der Waals surface area contributed by atoms with Gasteiger partial charge in [0, 0.05) is 23.9 Å². The molecule has 3 aromatic rings. The van der Waals surface area contributed by atoms with Gasteiger partial charge in [0.05, 0.1) is 12.1 Å². The molecule has 1 N–H and O–H groups in total. The number of hydrogen-bond acceptors (Lipinski definition) is 7. The van der Waals surface area contributed by atoms with E-state index in [0.29, 0.717) is 11.4 Å². The number of aromatic nitrogens is 1. The molecule has 0 radical (unpaired) electrons. The number of fused-ring (bicyclic) bond motifs is 1. The summed E-state index contributed by atoms with van der Waals surface area (Å²) in [6.07, 6.45) is 1.24. The standard InChI is InChI=1S/C28H28FN3O5/c1-18(2)28(15-23(32-37-28)26-21-11-7-6-10-20(21)12-13-30-26)27(35)31-22(24(33)16-29)14-25(34)36-17-19-8-4-3-5-9-19/h3-13,18,22H,14-17H2,1-2H3,(H,31,35)/t22-,28+/m0/s1. The van der Waals surface area contributed by atoms with Crippen molar-refractivity contribution in [1.29, 1.82) is 0 Å². The van der Waals surface area contributed by atoms with E-state index in [1.54, 1.807) is 44.3 Å². The van der Waals surface area contributed by atoms with E-state index >= 15 is 0 Å². The number of carbonyl (C=O) groups is 3. The van der Waals surface area contributed by atoms with E-state index in [-0.39, 0.29) is 18.9 Å². The lowest BCUT2D eigenvalue weighted by molar-refractivity contribution is -0.153. The summed E-state index contributed by atoms with van der Waals surface area (Å²) in [6.45, 7) is 2.23. The van der Waals surface area contributed by atoms with Crippen LogP contribution in [0.4, 0.5) is 4.39 Å². The van der Waals surface area contributed by atoms with E-state index in [2.05, 4.69) is 15.5 Å². The number of carbonyl (C=O) groups excluding carboxylic acids is 3. The molecule has 0 spiro atoms. The van der Waals surface area contributed by atoms with Crippen LogP contribution >= 0.6 is 0 Å². The summed E-state index contributed by atoms with van der Waals surface area (Å²) in [7, 11) is 0. The minimum atomic E-state index is -1.46. The number of hydrogen-bond donors (Lipinski definition) is 1. The van der Waals surface area contributed by atoms with Crippen LogP contribution in [0.1, 0.15) is 37.9 Å². The van der Waals surface area contributed by atoms with Crippen molar-refractivity contribution >= 4 is 34.1 Å². The lowest BCUT2D eigenvalue weighted by atomic mass is 9.83. The van der Waals surface area contributed by atoms with E-state index < -0.39 is 42.4 Å². The minimum Gasteiger partial charge on any atom is -0.461 e. The van der Waals surface area contributed by atoms with E-state index in [9.17, 15) is 18.8 Å². The lowest BCUT2D eigenvalue weighted by Gasteiger charge is -2.30. The fourth-order valence-corrected chi connectivity index (χ4v) is 4.20. The molecule has 37 heavy (non-hydrogen) atoms. The zero-order valence-electron chi connectivity index (χ0n) is 20.6. The predicted octanol–water partition coefficient (Wildman–Crippen LogP) is 3.91. The zero-order chi connectivity index (χ0) is 26.4. The molecule has 0 bridgehead atoms. The first-order chi connectivity index (χ1) is 17.8. The molecule has 1 amide bonds. The summed E-state index contributed by atoms with van der Waals surface area (Å²) >= 11 is 0. The van der Waals surface area contributed by atoms with Gasteiger partial charge >= 0.3 is 5.97 Å². The smallest absolute Gasteiger partial charge is 0.308 e. The Labute approximate surface area is 213 Å². The quantitative estimate of drug-likeness (QED) is 0.419. The predicted molar refractivity (Wildman–Crippen MR) is 135 cm³/mol. The van der Waals surface area contributed by atoms with Crippen molar-refractivity contribution in [2.45, 2.75) is 44.9 Å². The van der Waals surface area contributed by atoms with Gasteiger partial charge in [-0.05, 0) is 17.0 Å². The number of benzene rings is 2. The Morgan fingerprint density at radius 2 is 1.81 bits per heavy atom. The molecule has 2 aromatic carbocycles. The molecule has 1 aliphatic rings. The number of halogens is 1. The third-order valence-electron chi connectivity index (χ3n) is 6.45. The van der Waals surface area contributed by atoms with Crippen LogP contribution in [0, 0.1) is 5.92 Å². The summed E-state index contributed by atoms with van der Waals surface area (Å²) in [4.78, 5) is 48.4. The van der Waals surface area contributed by atoms with Crippen molar-refractivity contribution in [2.75, 3.05) is 6.67 Å². The highest BCUT2D eigenvalue weighted by Crippen LogP contribution is 2.35. The van der Waals surface area contributed by atoms with Crippen molar-refractivity contribution in [3.63, 3.8) is 0 Å². The second kappa shape index (κ2) is 11.3. The molecular formula is C28H28FN3O5. The Morgan fingerprint density at radius 3 is 2.54 bits per heavy atom. The molecular weight excluding hydrogens is 477 g/mol. The first kappa shape index (κ1) is 25.9. The lowest BCUT2D eigenvalue weighted by Crippen LogP contribution is -2.55. The number of ketones is 1. The second-order valence-corrected chi connectivity index (χ2v) is 9.21. The summed E-state index contributed by atoms with van der Waals surface area (Å²) in [5, 5.41) is 8.54. The van der Waals surface area contributed by atoms with Crippen molar-refractivity contribution < 1.29 is 28.3 Å². The van der Waals surface area contributed by atoms with E-state index in [1.165, 1.54) is 0 Å². The monoisotopic (exact) mass is 505 g/mol. The molecule has 0 aliphatic carbocycles. The molecule has 0 unspecified atom stereocenters. The largest absolute Gasteiger partial charge is 0.461 e. The average molecular weight is 506 g/mol. The van der Waals surface area contributed by atoms with E-state index in [0.717, 1.165) is 16.3 Å². The summed E-state index contributed by atoms with van der Waals surface area (Å²) in [5.74, 6) is -2.70. The maximum absolute atomic E-state index is 13.5. The molecule has 2 heterocycles. The van der Waals surface area contributed by atoms with Gasteiger partial charge in [-0.3, -0.25) is 19.4 Å². The fourth-order valence-electron chi connectivity index (χ4n) is 4.20. The van der Waals surface area contributed by atoms with Gasteiger partial charge in [-0.2, -0.15) is 0 Å². The molecule has 0 saturated heterocycles. The maximum Gasteiger partial charge on any atom is 0.308 e. The van der Waals surface area contributed by atoms with Crippen LogP contribution in [0.2, 0.25) is 0 Å². The third kappa shape index (κ3) is 5.66. The third-order valence-corrected chi connectivity index (χ3v) is 6.45. The second-order valence-electron chi connectivity index (χ2n) is 9.21. The van der Waals surface area contributed by atoms with Crippen molar-refractivity contribution in [1.82, 2.24) is 10.3 Å². The van der Waals surface area contributed by atoms with Gasteiger partial charge in [-0.25, -0.2) is 4.39 Å². The molecule has 0 fully saturated rings. The molecule has 4 rings (SSSR count). The molecule has 2 atom stereocenters. The summed E-state index contributed by atoms with van der Waals surface area (Å²) < 4.78 is 18.6. The van der Waals surface area contributed by atoms with E-state index in [4.69, 9.17) is 9.57 Å². The number of rotatable bonds is 10. The van der Waals surface area contributed by atoms with Crippen LogP contribution in [-0.2, 0) is 30.6 Å². The summed E-state index contributed by atoms with van der Waals surface area (Å²) in [6, 6.07) is 17.1. The van der Waals surface area contributed by atoms with Crippen molar-refractivity contribution in [3.05, 3.63) is 78.1 Å². The van der Waals surface area contributed by atoms with Gasteiger partial charge in [0.15, 0.2) is 5.78 Å². The Hall–Kier alpha value is -4.14. The molecule has 8 nitrogen and oxygen atoms in total. The highest BCUT2D eigenvalue weighted by molar-refractivity contribution is 6.12. The number of esters is 1. The van der Waals surface area contributed by atoms with Crippen LogP contribution in [0.25, 0.3) is 10.8 Å². The number of oxime groups is 1. The maximum atomic E-state index is 13.5. The highest BCUT2D eigenvalue weighted by Gasteiger charge is 2.51. The van der Waals surface area contributed by atoms with Gasteiger partial charge in [-0.15, -0.1) is 0 Å². The SMILES string of the molecule is CC(C)[C@@]1(C(=O)N[C@@H](CC(=O)OCc2ccccc2)C(=O)CF)CC(c2nccc3ccccc23)=NO1. The normalized spacial score (nSPS) is 17.7. The Kier molecular flexibility index (Phi) is 7.91. The molecule has 9 heteroatoms. The van der Waals surface area contributed by atoms with Crippen LogP contribution < -0.4 is 5.32 Å². The van der Waals surface area contributed by atoms with Crippen molar-refractivity contribution in [3.8, 4) is 0 Å².